The molecule has 2 fully saturated rings. The first-order chi connectivity index (χ1) is 9.26. The Morgan fingerprint density at radius 2 is 1.95 bits per heavy atom. The van der Waals surface area contributed by atoms with Gasteiger partial charge in [0, 0.05) is 18.0 Å². The van der Waals surface area contributed by atoms with E-state index in [1.54, 1.807) is 0 Å². The van der Waals surface area contributed by atoms with E-state index in [4.69, 9.17) is 10.3 Å². The predicted molar refractivity (Wildman–Crippen MR) is 72.6 cm³/mol. The highest BCUT2D eigenvalue weighted by molar-refractivity contribution is 5.01. The zero-order valence-electron chi connectivity index (χ0n) is 11.7. The molecule has 0 aromatic carbocycles. The van der Waals surface area contributed by atoms with Crippen molar-refractivity contribution in [2.75, 3.05) is 6.54 Å². The van der Waals surface area contributed by atoms with Crippen molar-refractivity contribution in [2.24, 2.45) is 5.73 Å². The molecule has 2 aliphatic carbocycles. The minimum atomic E-state index is 0.404. The average molecular weight is 264 g/mol. The Hall–Kier alpha value is -0.940. The summed E-state index contributed by atoms with van der Waals surface area (Å²) in [5.74, 6) is 2.24. The summed E-state index contributed by atoms with van der Waals surface area (Å²) >= 11 is 0. The molecular formula is C14H24N4O. The maximum absolute atomic E-state index is 5.98. The Kier molecular flexibility index (Phi) is 3.84. The number of hydrogen-bond donors (Lipinski definition) is 1. The first-order valence-electron chi connectivity index (χ1n) is 7.58. The molecule has 2 N–H and O–H groups in total. The molecule has 0 bridgehead atoms. The third-order valence-corrected chi connectivity index (χ3v) is 4.42. The van der Waals surface area contributed by atoms with Crippen LogP contribution in [0.15, 0.2) is 4.52 Å². The Morgan fingerprint density at radius 1 is 1.21 bits per heavy atom. The van der Waals surface area contributed by atoms with Crippen LogP contribution in [0, 0.1) is 0 Å². The van der Waals surface area contributed by atoms with Gasteiger partial charge in [0.05, 0.1) is 6.54 Å². The fourth-order valence-corrected chi connectivity index (χ4v) is 2.98. The van der Waals surface area contributed by atoms with E-state index in [1.165, 1.54) is 25.7 Å². The van der Waals surface area contributed by atoms with Crippen LogP contribution in [0.1, 0.15) is 63.1 Å². The Balaban J connectivity index is 1.58. The molecule has 0 aliphatic heterocycles. The van der Waals surface area contributed by atoms with Gasteiger partial charge >= 0.3 is 0 Å². The monoisotopic (exact) mass is 264 g/mol. The predicted octanol–water partition coefficient (Wildman–Crippen LogP) is 2.04. The van der Waals surface area contributed by atoms with Crippen molar-refractivity contribution in [1.29, 1.82) is 0 Å². The molecule has 2 aliphatic rings. The van der Waals surface area contributed by atoms with Crippen LogP contribution in [0.5, 0.6) is 0 Å². The van der Waals surface area contributed by atoms with Crippen LogP contribution in [0.25, 0.3) is 0 Å². The summed E-state index contributed by atoms with van der Waals surface area (Å²) in [4.78, 5) is 6.99. The lowest BCUT2D eigenvalue weighted by molar-refractivity contribution is 0.144. The summed E-state index contributed by atoms with van der Waals surface area (Å²) in [6, 6.07) is 1.04. The highest BCUT2D eigenvalue weighted by atomic mass is 16.5. The Bertz CT molecular complexity index is 407. The fourth-order valence-electron chi connectivity index (χ4n) is 2.98. The van der Waals surface area contributed by atoms with E-state index in [0.29, 0.717) is 18.0 Å². The van der Waals surface area contributed by atoms with Crippen molar-refractivity contribution >= 4 is 0 Å². The molecule has 0 unspecified atom stereocenters. The largest absolute Gasteiger partial charge is 0.339 e. The van der Waals surface area contributed by atoms with Crippen molar-refractivity contribution in [2.45, 2.75) is 70.0 Å². The minimum Gasteiger partial charge on any atom is -0.339 e. The van der Waals surface area contributed by atoms with Gasteiger partial charge in [-0.2, -0.15) is 4.98 Å². The van der Waals surface area contributed by atoms with E-state index in [9.17, 15) is 0 Å². The summed E-state index contributed by atoms with van der Waals surface area (Å²) in [5, 5.41) is 4.12. The van der Waals surface area contributed by atoms with Crippen LogP contribution in [0.2, 0.25) is 0 Å². The molecule has 2 saturated carbocycles. The van der Waals surface area contributed by atoms with Crippen molar-refractivity contribution in [3.05, 3.63) is 11.7 Å². The molecule has 3 rings (SSSR count). The lowest BCUT2D eigenvalue weighted by Crippen LogP contribution is -2.40. The molecule has 19 heavy (non-hydrogen) atoms. The molecule has 1 heterocycles. The molecule has 5 nitrogen and oxygen atoms in total. The second-order valence-corrected chi connectivity index (χ2v) is 5.95. The van der Waals surface area contributed by atoms with Gasteiger partial charge in [-0.3, -0.25) is 4.90 Å². The number of nitrogens with zero attached hydrogens (tertiary/aromatic N) is 3. The van der Waals surface area contributed by atoms with Gasteiger partial charge in [0.2, 0.25) is 5.89 Å². The molecule has 1 aromatic rings. The van der Waals surface area contributed by atoms with Gasteiger partial charge in [-0.15, -0.1) is 0 Å². The second-order valence-electron chi connectivity index (χ2n) is 5.95. The molecule has 0 spiro atoms. The summed E-state index contributed by atoms with van der Waals surface area (Å²) in [5.41, 5.74) is 5.98. The van der Waals surface area contributed by atoms with E-state index in [-0.39, 0.29) is 0 Å². The van der Waals surface area contributed by atoms with Gasteiger partial charge in [0.25, 0.3) is 0 Å². The highest BCUT2D eigenvalue weighted by Crippen LogP contribution is 2.38. The van der Waals surface area contributed by atoms with E-state index in [1.807, 2.05) is 0 Å². The summed E-state index contributed by atoms with van der Waals surface area (Å²) in [6.07, 6.45) is 7.09. The Labute approximate surface area is 114 Å². The maximum Gasteiger partial charge on any atom is 0.229 e. The average Bonchev–Trinajstić information content (AvgIpc) is 3.17. The third kappa shape index (κ3) is 3.15. The van der Waals surface area contributed by atoms with Gasteiger partial charge in [-0.05, 0) is 45.1 Å². The van der Waals surface area contributed by atoms with E-state index < -0.39 is 0 Å². The molecule has 0 saturated heterocycles. The van der Waals surface area contributed by atoms with Crippen LogP contribution >= 0.6 is 0 Å². The van der Waals surface area contributed by atoms with Gasteiger partial charge < -0.3 is 10.3 Å². The first-order valence-corrected chi connectivity index (χ1v) is 7.58. The number of nitrogens with two attached hydrogens (primary N) is 1. The maximum atomic E-state index is 5.98. The Morgan fingerprint density at radius 3 is 2.58 bits per heavy atom. The smallest absolute Gasteiger partial charge is 0.229 e. The molecule has 5 heteroatoms. The lowest BCUT2D eigenvalue weighted by atomic mass is 9.91. The summed E-state index contributed by atoms with van der Waals surface area (Å²) in [6.45, 7) is 4.05. The third-order valence-electron chi connectivity index (χ3n) is 4.42. The fraction of sp³-hybridized carbons (Fsp3) is 0.857. The first kappa shape index (κ1) is 13.1. The molecular weight excluding hydrogens is 240 g/mol. The number of hydrogen-bond acceptors (Lipinski definition) is 5. The molecule has 106 valence electrons. The lowest BCUT2D eigenvalue weighted by Gasteiger charge is -2.34. The van der Waals surface area contributed by atoms with Crippen LogP contribution in [-0.4, -0.2) is 33.7 Å². The van der Waals surface area contributed by atoms with Crippen molar-refractivity contribution in [1.82, 2.24) is 15.0 Å². The van der Waals surface area contributed by atoms with Crippen LogP contribution in [-0.2, 0) is 6.54 Å². The van der Waals surface area contributed by atoms with Crippen molar-refractivity contribution in [3.63, 3.8) is 0 Å². The summed E-state index contributed by atoms with van der Waals surface area (Å²) in [7, 11) is 0. The topological polar surface area (TPSA) is 68.2 Å². The van der Waals surface area contributed by atoms with Gasteiger partial charge in [0.15, 0.2) is 5.82 Å². The molecule has 1 aromatic heterocycles. The normalized spacial score (nSPS) is 27.9. The van der Waals surface area contributed by atoms with E-state index >= 15 is 0 Å². The van der Waals surface area contributed by atoms with Gasteiger partial charge in [-0.25, -0.2) is 0 Å². The highest BCUT2D eigenvalue weighted by Gasteiger charge is 2.30. The molecule has 0 radical (unpaired) electrons. The van der Waals surface area contributed by atoms with Crippen LogP contribution in [0.3, 0.4) is 0 Å². The van der Waals surface area contributed by atoms with Gasteiger partial charge in [0.1, 0.15) is 0 Å². The summed E-state index contributed by atoms with van der Waals surface area (Å²) < 4.78 is 5.33. The SMILES string of the molecule is CCN(Cc1noc(C2CC2)n1)C1CCC(N)CC1. The zero-order chi connectivity index (χ0) is 13.2. The van der Waals surface area contributed by atoms with Crippen molar-refractivity contribution in [3.8, 4) is 0 Å². The second kappa shape index (κ2) is 5.59. The molecule has 0 amide bonds. The number of rotatable bonds is 5. The standard InChI is InChI=1S/C14H24N4O/c1-2-18(12-7-5-11(15)6-8-12)9-13-16-14(19-17-13)10-3-4-10/h10-12H,2-9,15H2,1H3. The molecule has 0 atom stereocenters. The van der Waals surface area contributed by atoms with Crippen molar-refractivity contribution < 1.29 is 4.52 Å². The van der Waals surface area contributed by atoms with E-state index in [0.717, 1.165) is 37.6 Å². The van der Waals surface area contributed by atoms with Crippen LogP contribution < -0.4 is 5.73 Å². The zero-order valence-corrected chi connectivity index (χ0v) is 11.7. The minimum absolute atomic E-state index is 0.404. The van der Waals surface area contributed by atoms with Crippen LogP contribution in [0.4, 0.5) is 0 Å². The number of aromatic nitrogens is 2. The quantitative estimate of drug-likeness (QED) is 0.881. The van der Waals surface area contributed by atoms with Gasteiger partial charge in [-0.1, -0.05) is 12.1 Å². The van der Waals surface area contributed by atoms with E-state index in [2.05, 4.69) is 22.0 Å².